The number of aromatic nitrogens is 2. The molecule has 2 aliphatic carbocycles. The van der Waals surface area contributed by atoms with Crippen molar-refractivity contribution in [1.82, 2.24) is 14.9 Å². The third-order valence-corrected chi connectivity index (χ3v) is 5.29. The minimum Gasteiger partial charge on any atom is -0.307 e. The lowest BCUT2D eigenvalue weighted by atomic mass is 10.0. The summed E-state index contributed by atoms with van der Waals surface area (Å²) in [5.74, 6) is 0.838. The first-order valence-electron chi connectivity index (χ1n) is 8.93. The molecule has 25 heavy (non-hydrogen) atoms. The van der Waals surface area contributed by atoms with Crippen LogP contribution in [0.4, 0.5) is 0 Å². The van der Waals surface area contributed by atoms with Crippen LogP contribution in [0.25, 0.3) is 11.8 Å². The van der Waals surface area contributed by atoms with Crippen molar-refractivity contribution in [1.29, 1.82) is 0 Å². The van der Waals surface area contributed by atoms with Gasteiger partial charge >= 0.3 is 0 Å². The van der Waals surface area contributed by atoms with Gasteiger partial charge in [-0.25, -0.2) is 4.98 Å². The third kappa shape index (κ3) is 3.16. The molecule has 1 unspecified atom stereocenters. The minimum atomic E-state index is 0.0211. The molecule has 4 nitrogen and oxygen atoms in total. The van der Waals surface area contributed by atoms with Crippen molar-refractivity contribution in [2.45, 2.75) is 45.1 Å². The van der Waals surface area contributed by atoms with Crippen LogP contribution < -0.4 is 10.9 Å². The smallest absolute Gasteiger partial charge is 0.262 e. The molecular weight excluding hydrogens is 334 g/mol. The van der Waals surface area contributed by atoms with E-state index in [1.54, 1.807) is 0 Å². The van der Waals surface area contributed by atoms with E-state index in [-0.39, 0.29) is 11.6 Å². The van der Waals surface area contributed by atoms with Crippen LogP contribution in [0.5, 0.6) is 0 Å². The summed E-state index contributed by atoms with van der Waals surface area (Å²) in [4.78, 5) is 18.3. The maximum Gasteiger partial charge on any atom is 0.262 e. The summed E-state index contributed by atoms with van der Waals surface area (Å²) >= 11 is 6.25. The number of nitrogens with one attached hydrogen (secondary N) is 1. The van der Waals surface area contributed by atoms with Crippen molar-refractivity contribution >= 4 is 23.4 Å². The summed E-state index contributed by atoms with van der Waals surface area (Å²) < 4.78 is 1.85. The first kappa shape index (κ1) is 16.6. The van der Waals surface area contributed by atoms with Crippen LogP contribution in [0, 0.1) is 0 Å². The number of hydrogen-bond donors (Lipinski definition) is 1. The first-order chi connectivity index (χ1) is 12.1. The standard InChI is InChI=1S/C20H22ClN3O/c1-13-5-2-7-15(11-13)24-19(18-9-4-10-22-18)23-17-8-3-6-14(21)12-16(17)20(24)25/h3,5-6,8,11,18,22H,2,4,7,9-10,12H2,1H3. The molecule has 0 bridgehead atoms. The van der Waals surface area contributed by atoms with Crippen LogP contribution in [-0.2, 0) is 6.42 Å². The zero-order chi connectivity index (χ0) is 17.4. The van der Waals surface area contributed by atoms with E-state index >= 15 is 0 Å². The molecular formula is C20H22ClN3O. The Morgan fingerprint density at radius 3 is 3.04 bits per heavy atom. The van der Waals surface area contributed by atoms with Gasteiger partial charge in [0.25, 0.3) is 5.56 Å². The molecule has 1 saturated heterocycles. The van der Waals surface area contributed by atoms with Gasteiger partial charge in [-0.05, 0) is 57.4 Å². The Kier molecular flexibility index (Phi) is 4.48. The average molecular weight is 356 g/mol. The van der Waals surface area contributed by atoms with Crippen LogP contribution >= 0.6 is 11.6 Å². The van der Waals surface area contributed by atoms with Gasteiger partial charge in [0.2, 0.25) is 0 Å². The van der Waals surface area contributed by atoms with Gasteiger partial charge in [-0.2, -0.15) is 0 Å². The summed E-state index contributed by atoms with van der Waals surface area (Å²) in [5, 5.41) is 4.16. The highest BCUT2D eigenvalue weighted by Gasteiger charge is 2.26. The Balaban J connectivity index is 1.94. The third-order valence-electron chi connectivity index (χ3n) is 5.03. The molecule has 1 fully saturated rings. The Morgan fingerprint density at radius 1 is 1.40 bits per heavy atom. The van der Waals surface area contributed by atoms with E-state index in [0.29, 0.717) is 17.0 Å². The summed E-state index contributed by atoms with van der Waals surface area (Å²) in [7, 11) is 0. The molecule has 1 aromatic heterocycles. The van der Waals surface area contributed by atoms with E-state index < -0.39 is 0 Å². The zero-order valence-corrected chi connectivity index (χ0v) is 15.1. The van der Waals surface area contributed by atoms with E-state index in [1.165, 1.54) is 5.57 Å². The van der Waals surface area contributed by atoms with Gasteiger partial charge in [0.05, 0.1) is 11.7 Å². The highest BCUT2D eigenvalue weighted by Crippen LogP contribution is 2.28. The van der Waals surface area contributed by atoms with Crippen LogP contribution in [-0.4, -0.2) is 16.1 Å². The van der Waals surface area contributed by atoms with E-state index in [4.69, 9.17) is 16.6 Å². The second-order valence-corrected chi connectivity index (χ2v) is 7.38. The van der Waals surface area contributed by atoms with Gasteiger partial charge in [-0.1, -0.05) is 29.3 Å². The predicted molar refractivity (Wildman–Crippen MR) is 102 cm³/mol. The Morgan fingerprint density at radius 2 is 2.28 bits per heavy atom. The normalized spacial score (nSPS) is 22.8. The largest absolute Gasteiger partial charge is 0.307 e. The van der Waals surface area contributed by atoms with Crippen LogP contribution in [0.2, 0.25) is 0 Å². The lowest BCUT2D eigenvalue weighted by Crippen LogP contribution is -2.33. The summed E-state index contributed by atoms with van der Waals surface area (Å²) in [6, 6.07) is 0.130. The lowest BCUT2D eigenvalue weighted by molar-refractivity contribution is 0.575. The van der Waals surface area contributed by atoms with E-state index in [0.717, 1.165) is 49.4 Å². The summed E-state index contributed by atoms with van der Waals surface area (Å²) in [5.41, 5.74) is 3.70. The van der Waals surface area contributed by atoms with Gasteiger partial charge in [-0.3, -0.25) is 9.36 Å². The summed E-state index contributed by atoms with van der Waals surface area (Å²) in [6.45, 7) is 3.05. The number of rotatable bonds is 2. The molecule has 1 aliphatic heterocycles. The molecule has 1 N–H and O–H groups in total. The molecule has 0 aromatic carbocycles. The molecule has 3 aliphatic rings. The fourth-order valence-electron chi connectivity index (χ4n) is 3.80. The lowest BCUT2D eigenvalue weighted by Gasteiger charge is -2.23. The quantitative estimate of drug-likeness (QED) is 0.874. The fourth-order valence-corrected chi connectivity index (χ4v) is 4.01. The second kappa shape index (κ2) is 6.77. The van der Waals surface area contributed by atoms with E-state index in [2.05, 4.69) is 24.4 Å². The first-order valence-corrected chi connectivity index (χ1v) is 9.31. The number of allylic oxidation sites excluding steroid dienone is 7. The van der Waals surface area contributed by atoms with Gasteiger partial charge in [0.1, 0.15) is 5.82 Å². The van der Waals surface area contributed by atoms with Crippen molar-refractivity contribution < 1.29 is 0 Å². The topological polar surface area (TPSA) is 46.9 Å². The minimum absolute atomic E-state index is 0.0211. The van der Waals surface area contributed by atoms with Gasteiger partial charge in [-0.15, -0.1) is 0 Å². The van der Waals surface area contributed by atoms with Crippen molar-refractivity contribution in [2.75, 3.05) is 6.54 Å². The van der Waals surface area contributed by atoms with Gasteiger partial charge in [0, 0.05) is 22.7 Å². The van der Waals surface area contributed by atoms with E-state index in [1.807, 2.05) is 22.8 Å². The summed E-state index contributed by atoms with van der Waals surface area (Å²) in [6.07, 6.45) is 14.3. The molecule has 0 spiro atoms. The van der Waals surface area contributed by atoms with Crippen molar-refractivity contribution in [3.05, 3.63) is 62.3 Å². The fraction of sp³-hybridized carbons (Fsp3) is 0.400. The average Bonchev–Trinajstić information content (AvgIpc) is 3.05. The highest BCUT2D eigenvalue weighted by molar-refractivity contribution is 6.30. The molecule has 130 valence electrons. The molecule has 5 heteroatoms. The molecule has 0 amide bonds. The van der Waals surface area contributed by atoms with E-state index in [9.17, 15) is 4.79 Å². The maximum absolute atomic E-state index is 13.4. The molecule has 1 atom stereocenters. The molecule has 0 radical (unpaired) electrons. The molecule has 2 heterocycles. The van der Waals surface area contributed by atoms with Crippen LogP contribution in [0.1, 0.15) is 55.7 Å². The van der Waals surface area contributed by atoms with Crippen molar-refractivity contribution in [3.8, 4) is 0 Å². The molecule has 4 rings (SSSR count). The van der Waals surface area contributed by atoms with Crippen LogP contribution in [0.3, 0.4) is 0 Å². The predicted octanol–water partition coefficient (Wildman–Crippen LogP) is 3.94. The number of fused-ring (bicyclic) bond motifs is 1. The Labute approximate surface area is 152 Å². The Hall–Kier alpha value is -1.91. The van der Waals surface area contributed by atoms with Gasteiger partial charge in [0.15, 0.2) is 0 Å². The number of nitrogens with zero attached hydrogens (tertiary/aromatic N) is 2. The van der Waals surface area contributed by atoms with Crippen LogP contribution in [0.15, 0.2) is 39.7 Å². The second-order valence-electron chi connectivity index (χ2n) is 6.90. The zero-order valence-electron chi connectivity index (χ0n) is 14.4. The van der Waals surface area contributed by atoms with Gasteiger partial charge < -0.3 is 5.32 Å². The molecule has 0 saturated carbocycles. The highest BCUT2D eigenvalue weighted by atomic mass is 35.5. The van der Waals surface area contributed by atoms with Crippen molar-refractivity contribution in [3.63, 3.8) is 0 Å². The Bertz CT molecular complexity index is 883. The maximum atomic E-state index is 13.4. The number of hydrogen-bond acceptors (Lipinski definition) is 3. The monoisotopic (exact) mass is 355 g/mol. The molecule has 1 aromatic rings. The SMILES string of the molecule is CC1=CCCC(n2c(C3CCCN3)nc3c(c2=O)CC(Cl)=CC=C3)=C1. The number of halogens is 1. The van der Waals surface area contributed by atoms with Crippen molar-refractivity contribution in [2.24, 2.45) is 0 Å².